The Balaban J connectivity index is 1.18. The molecule has 0 saturated carbocycles. The van der Waals surface area contributed by atoms with Crippen LogP contribution < -0.4 is 5.32 Å². The second kappa shape index (κ2) is 15.2. The van der Waals surface area contributed by atoms with E-state index < -0.39 is 29.4 Å². The average Bonchev–Trinajstić information content (AvgIpc) is 3.85. The maximum absolute atomic E-state index is 13.6. The van der Waals surface area contributed by atoms with E-state index in [-0.39, 0.29) is 24.8 Å². The Morgan fingerprint density at radius 3 is 1.84 bits per heavy atom. The third-order valence-corrected chi connectivity index (χ3v) is 9.83. The fourth-order valence-electron chi connectivity index (χ4n) is 7.24. The summed E-state index contributed by atoms with van der Waals surface area (Å²) < 4.78 is 21.5. The van der Waals surface area contributed by atoms with Crippen LogP contribution in [0.2, 0.25) is 0 Å². The number of aromatic nitrogens is 3. The summed E-state index contributed by atoms with van der Waals surface area (Å²) in [5.74, 6) is -0.729. The zero-order valence-corrected chi connectivity index (χ0v) is 29.6. The lowest BCUT2D eigenvalue weighted by Crippen LogP contribution is -2.40. The molecule has 3 heterocycles. The lowest BCUT2D eigenvalue weighted by molar-refractivity contribution is -0.0963. The number of esters is 1. The van der Waals surface area contributed by atoms with E-state index in [1.165, 1.54) is 10.8 Å². The number of nitriles is 1. The molecule has 0 aliphatic carbocycles. The summed E-state index contributed by atoms with van der Waals surface area (Å²) in [5, 5.41) is 18.4. The molecule has 1 aliphatic rings. The Morgan fingerprint density at radius 1 is 0.764 bits per heavy atom. The second-order valence-electron chi connectivity index (χ2n) is 13.1. The van der Waals surface area contributed by atoms with Gasteiger partial charge in [0.25, 0.3) is 5.91 Å². The van der Waals surface area contributed by atoms with Crippen molar-refractivity contribution in [1.29, 1.82) is 5.26 Å². The number of carbonyl (C=O) groups is 2. The summed E-state index contributed by atoms with van der Waals surface area (Å²) in [4.78, 5) is 31.1. The van der Waals surface area contributed by atoms with Crippen molar-refractivity contribution in [3.05, 3.63) is 204 Å². The zero-order chi connectivity index (χ0) is 37.7. The van der Waals surface area contributed by atoms with E-state index in [9.17, 15) is 14.9 Å². The number of nitrogens with zero attached hydrogens (tertiary/aromatic N) is 4. The van der Waals surface area contributed by atoms with Crippen molar-refractivity contribution < 1.29 is 23.8 Å². The zero-order valence-electron chi connectivity index (χ0n) is 29.6. The summed E-state index contributed by atoms with van der Waals surface area (Å²) >= 11 is 0. The van der Waals surface area contributed by atoms with E-state index in [1.807, 2.05) is 103 Å². The minimum atomic E-state index is -1.82. The molecule has 8 rings (SSSR count). The monoisotopic (exact) mass is 725 g/mol. The van der Waals surface area contributed by atoms with Gasteiger partial charge in [-0.3, -0.25) is 4.79 Å². The van der Waals surface area contributed by atoms with Gasteiger partial charge in [-0.1, -0.05) is 127 Å². The maximum Gasteiger partial charge on any atom is 0.338 e. The second-order valence-corrected chi connectivity index (χ2v) is 13.1. The first-order valence-electron chi connectivity index (χ1n) is 17.9. The van der Waals surface area contributed by atoms with Gasteiger partial charge in [-0.2, -0.15) is 10.4 Å². The molecular formula is C45H35N5O5. The predicted octanol–water partition coefficient (Wildman–Crippen LogP) is 7.72. The largest absolute Gasteiger partial charge is 0.454 e. The van der Waals surface area contributed by atoms with Gasteiger partial charge in [0, 0.05) is 12.0 Å². The molecule has 2 unspecified atom stereocenters. The standard InChI is InChI=1S/C45H35N5O5/c46-30-44(39-27-26-38-41(47-31-48-50(38)39)49-42(51)32-16-6-1-7-17-32)40(54-43(52)33-18-8-2-9-19-33)28-37(55-44)29-53-45(34-20-10-3-11-21-34,35-22-12-4-13-23-35)36-24-14-5-15-25-36/h1-27,31,37,40H,28-29H2,(H,47,48,49,51)/t37?,40?,44-/m0/s1. The van der Waals surface area contributed by atoms with Crippen LogP contribution >= 0.6 is 0 Å². The number of hydrogen-bond acceptors (Lipinski definition) is 8. The fourth-order valence-corrected chi connectivity index (χ4v) is 7.24. The van der Waals surface area contributed by atoms with Crippen LogP contribution in [0.5, 0.6) is 0 Å². The Kier molecular flexibility index (Phi) is 9.71. The van der Waals surface area contributed by atoms with Crippen LogP contribution in [-0.2, 0) is 25.4 Å². The number of benzene rings is 5. The van der Waals surface area contributed by atoms with Gasteiger partial charge in [-0.15, -0.1) is 0 Å². The van der Waals surface area contributed by atoms with Gasteiger partial charge < -0.3 is 19.5 Å². The molecule has 0 radical (unpaired) electrons. The Hall–Kier alpha value is -6.93. The highest BCUT2D eigenvalue weighted by atomic mass is 16.6. The third kappa shape index (κ3) is 6.63. The molecule has 10 heteroatoms. The van der Waals surface area contributed by atoms with Gasteiger partial charge in [0.2, 0.25) is 5.60 Å². The van der Waals surface area contributed by atoms with Crippen molar-refractivity contribution in [3.63, 3.8) is 0 Å². The SMILES string of the molecule is N#C[C@@]1(c2ccc3c(NC(=O)c4ccccc4)ncnn23)OC(COC(c2ccccc2)(c2ccccc2)c2ccccc2)CC1OC(=O)c1ccccc1. The number of anilines is 1. The topological polar surface area (TPSA) is 128 Å². The lowest BCUT2D eigenvalue weighted by Gasteiger charge is -2.36. The van der Waals surface area contributed by atoms with Gasteiger partial charge in [0.05, 0.1) is 24.0 Å². The Labute approximate surface area is 317 Å². The van der Waals surface area contributed by atoms with Gasteiger partial charge in [-0.25, -0.2) is 14.3 Å². The van der Waals surface area contributed by atoms with Crippen LogP contribution in [0.1, 0.15) is 49.5 Å². The molecule has 1 aliphatic heterocycles. The van der Waals surface area contributed by atoms with Crippen molar-refractivity contribution in [1.82, 2.24) is 14.6 Å². The molecule has 1 N–H and O–H groups in total. The van der Waals surface area contributed by atoms with Crippen molar-refractivity contribution in [3.8, 4) is 6.07 Å². The van der Waals surface area contributed by atoms with Gasteiger partial charge in [0.1, 0.15) is 23.5 Å². The van der Waals surface area contributed by atoms with Crippen molar-refractivity contribution in [2.24, 2.45) is 0 Å². The molecule has 1 fully saturated rings. The lowest BCUT2D eigenvalue weighted by atomic mass is 9.80. The van der Waals surface area contributed by atoms with Crippen LogP contribution in [0.25, 0.3) is 5.52 Å². The number of nitrogens with one attached hydrogen (secondary N) is 1. The summed E-state index contributed by atoms with van der Waals surface area (Å²) in [7, 11) is 0. The molecule has 5 aromatic carbocycles. The van der Waals surface area contributed by atoms with Crippen LogP contribution in [0.15, 0.2) is 170 Å². The minimum Gasteiger partial charge on any atom is -0.454 e. The molecule has 3 atom stereocenters. The van der Waals surface area contributed by atoms with Crippen molar-refractivity contribution >= 4 is 23.2 Å². The Bertz CT molecular complexity index is 2360. The van der Waals surface area contributed by atoms with E-state index in [1.54, 1.807) is 60.7 Å². The highest BCUT2D eigenvalue weighted by Gasteiger charge is 2.56. The molecule has 0 bridgehead atoms. The number of rotatable bonds is 11. The van der Waals surface area contributed by atoms with Gasteiger partial charge in [0.15, 0.2) is 11.9 Å². The maximum atomic E-state index is 13.6. The van der Waals surface area contributed by atoms with E-state index >= 15 is 0 Å². The molecule has 7 aromatic rings. The van der Waals surface area contributed by atoms with Crippen molar-refractivity contribution in [2.75, 3.05) is 11.9 Å². The van der Waals surface area contributed by atoms with Gasteiger partial charge in [-0.05, 0) is 53.1 Å². The molecule has 1 amide bonds. The minimum absolute atomic E-state index is 0.0260. The number of fused-ring (bicyclic) bond motifs is 1. The van der Waals surface area contributed by atoms with E-state index in [0.717, 1.165) is 16.7 Å². The summed E-state index contributed by atoms with van der Waals surface area (Å²) in [5.41, 5.74) is 1.35. The summed E-state index contributed by atoms with van der Waals surface area (Å²) in [6.07, 6.45) is -0.366. The molecule has 1 saturated heterocycles. The van der Waals surface area contributed by atoms with Crippen molar-refractivity contribution in [2.45, 2.75) is 29.8 Å². The smallest absolute Gasteiger partial charge is 0.338 e. The summed E-state index contributed by atoms with van der Waals surface area (Å²) in [6.45, 7) is 0.0260. The molecular weight excluding hydrogens is 691 g/mol. The number of carbonyl (C=O) groups excluding carboxylic acids is 2. The highest BCUT2D eigenvalue weighted by molar-refractivity contribution is 6.05. The van der Waals surface area contributed by atoms with Crippen LogP contribution in [0, 0.1) is 11.3 Å². The first-order chi connectivity index (χ1) is 27.0. The summed E-state index contributed by atoms with van der Waals surface area (Å²) in [6, 6.07) is 53.0. The average molecular weight is 726 g/mol. The first kappa shape index (κ1) is 35.1. The molecule has 55 heavy (non-hydrogen) atoms. The number of ether oxygens (including phenoxy) is 3. The van der Waals surface area contributed by atoms with E-state index in [0.29, 0.717) is 22.3 Å². The Morgan fingerprint density at radius 2 is 1.29 bits per heavy atom. The molecule has 10 nitrogen and oxygen atoms in total. The number of amides is 1. The molecule has 270 valence electrons. The van der Waals surface area contributed by atoms with Gasteiger partial charge >= 0.3 is 5.97 Å². The molecule has 0 spiro atoms. The highest BCUT2D eigenvalue weighted by Crippen LogP contribution is 2.45. The third-order valence-electron chi connectivity index (χ3n) is 9.83. The predicted molar refractivity (Wildman–Crippen MR) is 205 cm³/mol. The van der Waals surface area contributed by atoms with E-state index in [4.69, 9.17) is 14.2 Å². The normalized spacial score (nSPS) is 18.0. The first-order valence-corrected chi connectivity index (χ1v) is 17.9. The van der Waals surface area contributed by atoms with Crippen LogP contribution in [-0.4, -0.2) is 45.3 Å². The van der Waals surface area contributed by atoms with Crippen LogP contribution in [0.3, 0.4) is 0 Å². The fraction of sp³-hybridized carbons (Fsp3) is 0.133. The number of hydrogen-bond donors (Lipinski definition) is 1. The molecule has 2 aromatic heterocycles. The van der Waals surface area contributed by atoms with Crippen LogP contribution in [0.4, 0.5) is 5.82 Å². The van der Waals surface area contributed by atoms with E-state index in [2.05, 4.69) is 21.5 Å². The quantitative estimate of drug-likeness (QED) is 0.106.